The van der Waals surface area contributed by atoms with E-state index in [1.807, 2.05) is 22.6 Å². The Kier molecular flexibility index (Phi) is 5.04. The number of halogens is 3. The largest absolute Gasteiger partial charge is 0.367 e. The SMILES string of the molecule is C[C@H](NC(=O)Cn1nc2c(I)ccnn2c1=O)c1ccc(Cl)c(F)c1. The smallest absolute Gasteiger partial charge is 0.348 e. The normalized spacial score (nSPS) is 12.3. The molecule has 0 saturated carbocycles. The Morgan fingerprint density at radius 1 is 1.44 bits per heavy atom. The molecule has 2 aromatic heterocycles. The van der Waals surface area contributed by atoms with Crippen molar-refractivity contribution in [3.8, 4) is 0 Å². The van der Waals surface area contributed by atoms with E-state index >= 15 is 0 Å². The summed E-state index contributed by atoms with van der Waals surface area (Å²) in [5, 5.41) is 10.8. The molecular formula is C15H12ClFIN5O2. The molecule has 0 saturated heterocycles. The standard InChI is InChI=1S/C15H12ClFIN5O2/c1-8(9-2-3-10(16)11(17)6-9)20-13(24)7-22-15(25)23-14(21-22)12(18)4-5-19-23/h2-6,8H,7H2,1H3,(H,20,24)/t8-/m0/s1. The van der Waals surface area contributed by atoms with E-state index in [0.717, 1.165) is 12.8 Å². The second-order valence-corrected chi connectivity index (χ2v) is 6.89. The molecule has 0 unspecified atom stereocenters. The maximum absolute atomic E-state index is 13.5. The lowest BCUT2D eigenvalue weighted by atomic mass is 10.1. The third kappa shape index (κ3) is 3.66. The van der Waals surface area contributed by atoms with Gasteiger partial charge in [0, 0.05) is 6.20 Å². The first-order valence-electron chi connectivity index (χ1n) is 7.21. The van der Waals surface area contributed by atoms with E-state index in [2.05, 4.69) is 15.5 Å². The lowest BCUT2D eigenvalue weighted by Gasteiger charge is -2.14. The van der Waals surface area contributed by atoms with Crippen molar-refractivity contribution in [2.24, 2.45) is 0 Å². The Balaban J connectivity index is 1.76. The zero-order valence-electron chi connectivity index (χ0n) is 12.9. The number of carbonyl (C=O) groups is 1. The fraction of sp³-hybridized carbons (Fsp3) is 0.200. The Morgan fingerprint density at radius 3 is 2.88 bits per heavy atom. The van der Waals surface area contributed by atoms with E-state index < -0.39 is 23.5 Å². The third-order valence-electron chi connectivity index (χ3n) is 3.55. The summed E-state index contributed by atoms with van der Waals surface area (Å²) in [6.45, 7) is 1.44. The van der Waals surface area contributed by atoms with E-state index in [1.165, 1.54) is 18.3 Å². The topological polar surface area (TPSA) is 81.3 Å². The van der Waals surface area contributed by atoms with Crippen molar-refractivity contribution in [3.05, 3.63) is 60.9 Å². The number of fused-ring (bicyclic) bond motifs is 1. The molecule has 1 N–H and O–H groups in total. The number of nitrogens with zero attached hydrogens (tertiary/aromatic N) is 4. The zero-order chi connectivity index (χ0) is 18.1. The number of nitrogens with one attached hydrogen (secondary N) is 1. The average Bonchev–Trinajstić information content (AvgIpc) is 2.88. The molecule has 130 valence electrons. The van der Waals surface area contributed by atoms with Gasteiger partial charge in [-0.1, -0.05) is 17.7 Å². The van der Waals surface area contributed by atoms with Gasteiger partial charge in [0.2, 0.25) is 5.91 Å². The monoisotopic (exact) mass is 475 g/mol. The molecule has 0 spiro atoms. The second kappa shape index (κ2) is 7.08. The van der Waals surface area contributed by atoms with Gasteiger partial charge in [0.25, 0.3) is 0 Å². The van der Waals surface area contributed by atoms with Crippen molar-refractivity contribution < 1.29 is 9.18 Å². The van der Waals surface area contributed by atoms with Crippen LogP contribution in [0.1, 0.15) is 18.5 Å². The fourth-order valence-electron chi connectivity index (χ4n) is 2.28. The summed E-state index contributed by atoms with van der Waals surface area (Å²) in [5.74, 6) is -0.985. The van der Waals surface area contributed by atoms with Crippen LogP contribution in [0.3, 0.4) is 0 Å². The quantitative estimate of drug-likeness (QED) is 0.587. The van der Waals surface area contributed by atoms with Crippen LogP contribution < -0.4 is 11.0 Å². The number of rotatable bonds is 4. The number of aromatic nitrogens is 4. The van der Waals surface area contributed by atoms with Gasteiger partial charge >= 0.3 is 5.69 Å². The second-order valence-electron chi connectivity index (χ2n) is 5.32. The van der Waals surface area contributed by atoms with Crippen molar-refractivity contribution >= 4 is 45.7 Å². The highest BCUT2D eigenvalue weighted by Gasteiger charge is 2.16. The van der Waals surface area contributed by atoms with Crippen molar-refractivity contribution in [1.82, 2.24) is 24.7 Å². The molecule has 1 amide bonds. The van der Waals surface area contributed by atoms with Crippen LogP contribution in [0, 0.1) is 9.39 Å². The Labute approximate surface area is 159 Å². The first kappa shape index (κ1) is 17.8. The highest BCUT2D eigenvalue weighted by Crippen LogP contribution is 2.20. The molecule has 0 aliphatic carbocycles. The fourth-order valence-corrected chi connectivity index (χ4v) is 2.90. The molecule has 3 aromatic rings. The van der Waals surface area contributed by atoms with Crippen LogP contribution >= 0.6 is 34.2 Å². The van der Waals surface area contributed by atoms with E-state index in [1.54, 1.807) is 19.1 Å². The van der Waals surface area contributed by atoms with Crippen LogP contribution in [-0.4, -0.2) is 25.3 Å². The summed E-state index contributed by atoms with van der Waals surface area (Å²) in [6, 6.07) is 5.57. The Morgan fingerprint density at radius 2 is 2.20 bits per heavy atom. The summed E-state index contributed by atoms with van der Waals surface area (Å²) >= 11 is 7.68. The average molecular weight is 476 g/mol. The van der Waals surface area contributed by atoms with Crippen molar-refractivity contribution in [3.63, 3.8) is 0 Å². The Bertz CT molecular complexity index is 1020. The van der Waals surface area contributed by atoms with Crippen molar-refractivity contribution in [2.45, 2.75) is 19.5 Å². The molecule has 1 atom stereocenters. The minimum Gasteiger partial charge on any atom is -0.348 e. The molecule has 7 nitrogen and oxygen atoms in total. The molecule has 0 bridgehead atoms. The predicted molar refractivity (Wildman–Crippen MR) is 97.9 cm³/mol. The molecule has 0 aliphatic heterocycles. The predicted octanol–water partition coefficient (Wildman–Crippen LogP) is 2.17. The van der Waals surface area contributed by atoms with Crippen LogP contribution in [-0.2, 0) is 11.3 Å². The summed E-state index contributed by atoms with van der Waals surface area (Å²) < 4.78 is 16.4. The molecular weight excluding hydrogens is 464 g/mol. The lowest BCUT2D eigenvalue weighted by molar-refractivity contribution is -0.122. The summed E-state index contributed by atoms with van der Waals surface area (Å²) in [5.41, 5.74) is 0.441. The van der Waals surface area contributed by atoms with Crippen molar-refractivity contribution in [1.29, 1.82) is 0 Å². The van der Waals surface area contributed by atoms with E-state index in [9.17, 15) is 14.0 Å². The molecule has 0 aliphatic rings. The molecule has 2 heterocycles. The van der Waals surface area contributed by atoms with E-state index in [4.69, 9.17) is 11.6 Å². The van der Waals surface area contributed by atoms with E-state index in [0.29, 0.717) is 11.2 Å². The minimum atomic E-state index is -0.558. The molecule has 3 rings (SSSR count). The van der Waals surface area contributed by atoms with Gasteiger partial charge in [0.15, 0.2) is 5.65 Å². The number of amides is 1. The van der Waals surface area contributed by atoms with Gasteiger partial charge in [-0.15, -0.1) is 5.10 Å². The maximum Gasteiger partial charge on any atom is 0.367 e. The Hall–Kier alpha value is -2.01. The molecule has 25 heavy (non-hydrogen) atoms. The van der Waals surface area contributed by atoms with Crippen molar-refractivity contribution in [2.75, 3.05) is 0 Å². The number of benzene rings is 1. The molecule has 0 radical (unpaired) electrons. The first-order chi connectivity index (χ1) is 11.9. The highest BCUT2D eigenvalue weighted by molar-refractivity contribution is 14.1. The van der Waals surface area contributed by atoms with Gasteiger partial charge in [-0.05, 0) is 53.3 Å². The van der Waals surface area contributed by atoms with Crippen LogP contribution in [0.15, 0.2) is 35.3 Å². The van der Waals surface area contributed by atoms with Gasteiger partial charge in [0.05, 0.1) is 14.6 Å². The zero-order valence-corrected chi connectivity index (χ0v) is 15.8. The maximum atomic E-state index is 13.5. The third-order valence-corrected chi connectivity index (χ3v) is 4.70. The molecule has 1 aromatic carbocycles. The minimum absolute atomic E-state index is 0.0145. The number of carbonyl (C=O) groups excluding carboxylic acids is 1. The summed E-state index contributed by atoms with van der Waals surface area (Å²) in [4.78, 5) is 24.4. The van der Waals surface area contributed by atoms with Crippen LogP contribution in [0.5, 0.6) is 0 Å². The molecule has 0 fully saturated rings. The van der Waals surface area contributed by atoms with E-state index in [-0.39, 0.29) is 11.6 Å². The molecule has 10 heteroatoms. The number of hydrogen-bond donors (Lipinski definition) is 1. The van der Waals surface area contributed by atoms with Gasteiger partial charge < -0.3 is 5.32 Å². The number of hydrogen-bond acceptors (Lipinski definition) is 4. The van der Waals surface area contributed by atoms with Gasteiger partial charge in [-0.25, -0.2) is 13.9 Å². The van der Waals surface area contributed by atoms with Gasteiger partial charge in [-0.3, -0.25) is 4.79 Å². The van der Waals surface area contributed by atoms with Gasteiger partial charge in [0.1, 0.15) is 12.4 Å². The summed E-state index contributed by atoms with van der Waals surface area (Å²) in [6.07, 6.45) is 1.49. The summed E-state index contributed by atoms with van der Waals surface area (Å²) in [7, 11) is 0. The highest BCUT2D eigenvalue weighted by atomic mass is 127. The van der Waals surface area contributed by atoms with Crippen LogP contribution in [0.4, 0.5) is 4.39 Å². The lowest BCUT2D eigenvalue weighted by Crippen LogP contribution is -2.34. The van der Waals surface area contributed by atoms with Crippen LogP contribution in [0.25, 0.3) is 5.65 Å². The first-order valence-corrected chi connectivity index (χ1v) is 8.67. The van der Waals surface area contributed by atoms with Gasteiger partial charge in [-0.2, -0.15) is 9.61 Å². The van der Waals surface area contributed by atoms with Crippen LogP contribution in [0.2, 0.25) is 5.02 Å².